The fraction of sp³-hybridized carbons (Fsp3) is 0.308. The summed E-state index contributed by atoms with van der Waals surface area (Å²) in [7, 11) is 0. The first kappa shape index (κ1) is 15.1. The summed E-state index contributed by atoms with van der Waals surface area (Å²) in [6.45, 7) is 0.0339. The lowest BCUT2D eigenvalue weighted by Gasteiger charge is -2.09. The van der Waals surface area contributed by atoms with Crippen molar-refractivity contribution in [3.8, 4) is 11.8 Å². The van der Waals surface area contributed by atoms with Gasteiger partial charge in [0.05, 0.1) is 0 Å². The maximum atomic E-state index is 12.0. The van der Waals surface area contributed by atoms with Gasteiger partial charge in [-0.2, -0.15) is 13.2 Å². The minimum absolute atomic E-state index is 0.135. The average Bonchev–Trinajstić information content (AvgIpc) is 2.33. The van der Waals surface area contributed by atoms with Gasteiger partial charge in [0.1, 0.15) is 13.2 Å². The van der Waals surface area contributed by atoms with Crippen molar-refractivity contribution in [2.24, 2.45) is 0 Å². The van der Waals surface area contributed by atoms with E-state index < -0.39 is 18.6 Å². The van der Waals surface area contributed by atoms with E-state index in [0.29, 0.717) is 11.1 Å². The first-order valence-electron chi connectivity index (χ1n) is 5.39. The normalized spacial score (nSPS) is 10.6. The van der Waals surface area contributed by atoms with Gasteiger partial charge in [-0.25, -0.2) is 0 Å². The van der Waals surface area contributed by atoms with Gasteiger partial charge in [0.25, 0.3) is 5.91 Å². The highest BCUT2D eigenvalue weighted by atomic mass is 19.4. The molecule has 0 saturated heterocycles. The molecule has 0 aromatic heterocycles. The maximum absolute atomic E-state index is 12.0. The molecule has 102 valence electrons. The molecule has 1 aromatic rings. The second-order valence-corrected chi connectivity index (χ2v) is 3.79. The van der Waals surface area contributed by atoms with Gasteiger partial charge in [0.15, 0.2) is 0 Å². The molecular weight excluding hydrogens is 259 g/mol. The zero-order chi connectivity index (χ0) is 14.5. The van der Waals surface area contributed by atoms with E-state index in [0.717, 1.165) is 0 Å². The van der Waals surface area contributed by atoms with E-state index in [1.54, 1.807) is 12.2 Å². The van der Waals surface area contributed by atoms with Crippen LogP contribution in [0.3, 0.4) is 0 Å². The number of hydrogen-bond acceptors (Lipinski definition) is 2. The summed E-state index contributed by atoms with van der Waals surface area (Å²) >= 11 is 0. The molecule has 0 aliphatic heterocycles. The molecule has 0 bridgehead atoms. The Bertz CT molecular complexity index is 527. The van der Waals surface area contributed by atoms with Crippen molar-refractivity contribution in [1.29, 1.82) is 0 Å². The number of halogens is 3. The molecule has 0 aliphatic rings. The van der Waals surface area contributed by atoms with E-state index in [-0.39, 0.29) is 12.2 Å². The van der Waals surface area contributed by atoms with Crippen molar-refractivity contribution < 1.29 is 23.1 Å². The zero-order valence-electron chi connectivity index (χ0n) is 10.1. The molecule has 0 spiro atoms. The lowest BCUT2D eigenvalue weighted by atomic mass is 10.0. The summed E-state index contributed by atoms with van der Waals surface area (Å²) in [6.07, 6.45) is -4.43. The van der Waals surface area contributed by atoms with E-state index in [2.05, 4.69) is 11.8 Å². The van der Waals surface area contributed by atoms with Gasteiger partial charge in [-0.3, -0.25) is 4.79 Å². The van der Waals surface area contributed by atoms with Crippen molar-refractivity contribution in [2.45, 2.75) is 13.1 Å². The standard InChI is InChI=1S/C13H12F3NO2/c1-9-7-11(5-4-10(9)3-2-6-18)12(19)17-8-13(14,15)16/h4-5,7,18H,6,8H2,1H3,(H,17,19). The quantitative estimate of drug-likeness (QED) is 0.803. The number of alkyl halides is 3. The first-order valence-corrected chi connectivity index (χ1v) is 5.39. The summed E-state index contributed by atoms with van der Waals surface area (Å²) in [5, 5.41) is 10.4. The molecule has 0 radical (unpaired) electrons. The van der Waals surface area contributed by atoms with E-state index in [1.807, 2.05) is 0 Å². The number of benzene rings is 1. The second-order valence-electron chi connectivity index (χ2n) is 3.79. The topological polar surface area (TPSA) is 49.3 Å². The van der Waals surface area contributed by atoms with Crippen LogP contribution in [-0.4, -0.2) is 30.3 Å². The zero-order valence-corrected chi connectivity index (χ0v) is 10.1. The predicted octanol–water partition coefficient (Wildman–Crippen LogP) is 1.63. The molecule has 1 aromatic carbocycles. The van der Waals surface area contributed by atoms with Gasteiger partial charge in [-0.1, -0.05) is 11.8 Å². The predicted molar refractivity (Wildman–Crippen MR) is 63.5 cm³/mol. The van der Waals surface area contributed by atoms with Gasteiger partial charge in [0.2, 0.25) is 0 Å². The number of aliphatic hydroxyl groups excluding tert-OH is 1. The molecule has 0 atom stereocenters. The second kappa shape index (κ2) is 6.25. The number of rotatable bonds is 2. The van der Waals surface area contributed by atoms with Crippen LogP contribution in [0.15, 0.2) is 18.2 Å². The highest BCUT2D eigenvalue weighted by Gasteiger charge is 2.27. The Morgan fingerprint density at radius 2 is 2.11 bits per heavy atom. The van der Waals surface area contributed by atoms with Crippen molar-refractivity contribution in [3.05, 3.63) is 34.9 Å². The van der Waals surface area contributed by atoms with Crippen LogP contribution in [0.2, 0.25) is 0 Å². The number of carbonyl (C=O) groups is 1. The van der Waals surface area contributed by atoms with E-state index in [9.17, 15) is 18.0 Å². The summed E-state index contributed by atoms with van der Waals surface area (Å²) in [6, 6.07) is 4.37. The summed E-state index contributed by atoms with van der Waals surface area (Å²) in [5.74, 6) is 4.34. The van der Waals surface area contributed by atoms with E-state index in [1.165, 1.54) is 18.2 Å². The van der Waals surface area contributed by atoms with Crippen LogP contribution in [0.4, 0.5) is 13.2 Å². The monoisotopic (exact) mass is 271 g/mol. The fourth-order valence-electron chi connectivity index (χ4n) is 1.36. The third kappa shape index (κ3) is 5.02. The van der Waals surface area contributed by atoms with Gasteiger partial charge in [-0.05, 0) is 30.7 Å². The lowest BCUT2D eigenvalue weighted by molar-refractivity contribution is -0.123. The Morgan fingerprint density at radius 1 is 1.42 bits per heavy atom. The molecule has 0 heterocycles. The fourth-order valence-corrected chi connectivity index (χ4v) is 1.36. The SMILES string of the molecule is Cc1cc(C(=O)NCC(F)(F)F)ccc1C#CCO. The van der Waals surface area contributed by atoms with Crippen LogP contribution in [-0.2, 0) is 0 Å². The summed E-state index contributed by atoms with van der Waals surface area (Å²) < 4.78 is 35.9. The Morgan fingerprint density at radius 3 is 2.63 bits per heavy atom. The van der Waals surface area contributed by atoms with Crippen LogP contribution >= 0.6 is 0 Å². The molecule has 1 amide bonds. The van der Waals surface area contributed by atoms with Crippen LogP contribution in [0, 0.1) is 18.8 Å². The Labute approximate surface area is 108 Å². The average molecular weight is 271 g/mol. The number of amides is 1. The van der Waals surface area contributed by atoms with Crippen molar-refractivity contribution in [1.82, 2.24) is 5.32 Å². The molecule has 19 heavy (non-hydrogen) atoms. The molecule has 2 N–H and O–H groups in total. The van der Waals surface area contributed by atoms with Crippen LogP contribution in [0.25, 0.3) is 0 Å². The maximum Gasteiger partial charge on any atom is 0.405 e. The number of nitrogens with one attached hydrogen (secondary N) is 1. The van der Waals surface area contributed by atoms with Crippen LogP contribution in [0.5, 0.6) is 0 Å². The highest BCUT2D eigenvalue weighted by Crippen LogP contribution is 2.14. The Balaban J connectivity index is 2.80. The number of aliphatic hydroxyl groups is 1. The molecule has 0 aliphatic carbocycles. The van der Waals surface area contributed by atoms with Gasteiger partial charge in [-0.15, -0.1) is 0 Å². The van der Waals surface area contributed by atoms with Gasteiger partial charge in [0, 0.05) is 11.1 Å². The minimum atomic E-state index is -4.43. The van der Waals surface area contributed by atoms with E-state index >= 15 is 0 Å². The number of hydrogen-bond donors (Lipinski definition) is 2. The molecule has 0 saturated carbocycles. The first-order chi connectivity index (χ1) is 8.83. The molecule has 0 unspecified atom stereocenters. The lowest BCUT2D eigenvalue weighted by Crippen LogP contribution is -2.33. The molecule has 3 nitrogen and oxygen atoms in total. The van der Waals surface area contributed by atoms with Crippen LogP contribution < -0.4 is 5.32 Å². The van der Waals surface area contributed by atoms with Gasteiger partial charge >= 0.3 is 6.18 Å². The molecule has 0 fully saturated rings. The van der Waals surface area contributed by atoms with Crippen molar-refractivity contribution >= 4 is 5.91 Å². The van der Waals surface area contributed by atoms with E-state index in [4.69, 9.17) is 5.11 Å². The number of carbonyl (C=O) groups excluding carboxylic acids is 1. The molecule has 1 rings (SSSR count). The van der Waals surface area contributed by atoms with Gasteiger partial charge < -0.3 is 10.4 Å². The smallest absolute Gasteiger partial charge is 0.384 e. The third-order valence-corrected chi connectivity index (χ3v) is 2.24. The summed E-state index contributed by atoms with van der Waals surface area (Å²) in [5.41, 5.74) is 1.40. The van der Waals surface area contributed by atoms with Crippen LogP contribution in [0.1, 0.15) is 21.5 Å². The Hall–Kier alpha value is -2.00. The van der Waals surface area contributed by atoms with Crippen molar-refractivity contribution in [2.75, 3.05) is 13.2 Å². The highest BCUT2D eigenvalue weighted by molar-refractivity contribution is 5.94. The molecule has 6 heteroatoms. The van der Waals surface area contributed by atoms with Crippen molar-refractivity contribution in [3.63, 3.8) is 0 Å². The molecular formula is C13H12F3NO2. The Kier molecular flexibility index (Phi) is 4.95. The third-order valence-electron chi connectivity index (χ3n) is 2.24. The number of aryl methyl sites for hydroxylation is 1. The summed E-state index contributed by atoms with van der Waals surface area (Å²) in [4.78, 5) is 11.5. The largest absolute Gasteiger partial charge is 0.405 e. The minimum Gasteiger partial charge on any atom is -0.384 e.